The molecule has 6 nitrogen and oxygen atoms in total. The van der Waals surface area contributed by atoms with E-state index in [0.29, 0.717) is 28.9 Å². The molecule has 0 aliphatic heterocycles. The topological polar surface area (TPSA) is 77.8 Å². The number of fused-ring (bicyclic) bond motifs is 7. The summed E-state index contributed by atoms with van der Waals surface area (Å²) in [5.74, 6) is 2.34. The Balaban J connectivity index is 1.05. The second-order valence-electron chi connectivity index (χ2n) is 15.0. The maximum absolute atomic E-state index is 6.56. The summed E-state index contributed by atoms with van der Waals surface area (Å²) >= 11 is 0. The van der Waals surface area contributed by atoms with Crippen molar-refractivity contribution in [1.29, 1.82) is 0 Å². The summed E-state index contributed by atoms with van der Waals surface area (Å²) in [4.78, 5) is 20.5. The van der Waals surface area contributed by atoms with Crippen molar-refractivity contribution >= 4 is 54.6 Å². The zero-order valence-corrected chi connectivity index (χ0v) is 32.1. The van der Waals surface area contributed by atoms with Gasteiger partial charge in [0.05, 0.1) is 5.39 Å². The van der Waals surface area contributed by atoms with Crippen LogP contribution in [0.3, 0.4) is 0 Å². The average molecular weight is 769 g/mol. The Labute approximate surface area is 344 Å². The molecule has 60 heavy (non-hydrogen) atoms. The van der Waals surface area contributed by atoms with Crippen molar-refractivity contribution in [2.45, 2.75) is 0 Å². The standard InChI is InChI=1S/C54H32N4O2/c1-4-13-33(14-5-1)34-23-25-36(26-24-34)51-56-52(58-53(57-51)43-28-27-39(35-15-6-2-7-16-35)40-20-10-11-21-41(40)43)42-22-12-19-38-31-45-48(32-44(38)42)59-47-30-29-46-50(49(45)47)60-54(55-46)37-17-8-3-9-18-37/h1-32H. The van der Waals surface area contributed by atoms with Crippen LogP contribution >= 0.6 is 0 Å². The maximum atomic E-state index is 6.56. The molecule has 0 aliphatic carbocycles. The van der Waals surface area contributed by atoms with E-state index in [1.807, 2.05) is 54.6 Å². The van der Waals surface area contributed by atoms with Crippen molar-refractivity contribution in [3.05, 3.63) is 194 Å². The van der Waals surface area contributed by atoms with E-state index >= 15 is 0 Å². The summed E-state index contributed by atoms with van der Waals surface area (Å²) in [5, 5.41) is 6.05. The van der Waals surface area contributed by atoms with Gasteiger partial charge in [-0.05, 0) is 86.3 Å². The molecule has 0 amide bonds. The summed E-state index contributed by atoms with van der Waals surface area (Å²) in [6.45, 7) is 0. The lowest BCUT2D eigenvalue weighted by Gasteiger charge is -2.14. The predicted octanol–water partition coefficient (Wildman–Crippen LogP) is 14.2. The maximum Gasteiger partial charge on any atom is 0.227 e. The molecule has 0 atom stereocenters. The number of benzene rings is 9. The van der Waals surface area contributed by atoms with Crippen molar-refractivity contribution in [3.8, 4) is 67.9 Å². The zero-order chi connectivity index (χ0) is 39.6. The minimum Gasteiger partial charge on any atom is -0.456 e. The van der Waals surface area contributed by atoms with E-state index in [9.17, 15) is 0 Å². The second kappa shape index (κ2) is 13.7. The van der Waals surface area contributed by atoms with Crippen LogP contribution in [-0.2, 0) is 0 Å². The van der Waals surface area contributed by atoms with E-state index in [1.165, 1.54) is 0 Å². The van der Waals surface area contributed by atoms with Gasteiger partial charge in [-0.15, -0.1) is 0 Å². The molecule has 0 radical (unpaired) electrons. The molecule has 0 N–H and O–H groups in total. The van der Waals surface area contributed by atoms with Gasteiger partial charge >= 0.3 is 0 Å². The molecule has 0 saturated heterocycles. The van der Waals surface area contributed by atoms with Gasteiger partial charge in [-0.3, -0.25) is 0 Å². The van der Waals surface area contributed by atoms with Crippen molar-refractivity contribution < 1.29 is 8.83 Å². The molecule has 0 aliphatic rings. The highest BCUT2D eigenvalue weighted by Crippen LogP contribution is 2.41. The van der Waals surface area contributed by atoms with Crippen LogP contribution in [0.15, 0.2) is 203 Å². The molecule has 0 bridgehead atoms. The van der Waals surface area contributed by atoms with Crippen molar-refractivity contribution in [3.63, 3.8) is 0 Å². The van der Waals surface area contributed by atoms with Gasteiger partial charge < -0.3 is 8.83 Å². The molecule has 0 saturated carbocycles. The lowest BCUT2D eigenvalue weighted by molar-refractivity contribution is 0.622. The Morgan fingerprint density at radius 3 is 1.63 bits per heavy atom. The van der Waals surface area contributed by atoms with E-state index in [4.69, 9.17) is 28.8 Å². The minimum atomic E-state index is 0.574. The van der Waals surface area contributed by atoms with E-state index in [2.05, 4.69) is 140 Å². The van der Waals surface area contributed by atoms with Crippen LogP contribution in [0.2, 0.25) is 0 Å². The van der Waals surface area contributed by atoms with Gasteiger partial charge in [-0.1, -0.05) is 152 Å². The SMILES string of the molecule is c1ccc(-c2ccc(-c3nc(-c4cccc5cc6c(cc45)oc4ccc5nc(-c7ccccc7)oc5c46)nc(-c4ccc(-c5ccccc5)c5ccccc45)n3)cc2)cc1. The van der Waals surface area contributed by atoms with E-state index in [0.717, 1.165) is 93.5 Å². The molecule has 12 rings (SSSR count). The first-order valence-corrected chi connectivity index (χ1v) is 20.0. The van der Waals surface area contributed by atoms with Crippen molar-refractivity contribution in [2.24, 2.45) is 0 Å². The molecule has 6 heteroatoms. The van der Waals surface area contributed by atoms with Gasteiger partial charge in [0, 0.05) is 27.6 Å². The Bertz CT molecular complexity index is 3580. The van der Waals surface area contributed by atoms with Crippen LogP contribution in [0.5, 0.6) is 0 Å². The van der Waals surface area contributed by atoms with E-state index in [-0.39, 0.29) is 0 Å². The third-order valence-corrected chi connectivity index (χ3v) is 11.4. The monoisotopic (exact) mass is 768 g/mol. The first-order valence-electron chi connectivity index (χ1n) is 20.0. The Hall–Kier alpha value is -8.22. The summed E-state index contributed by atoms with van der Waals surface area (Å²) in [5.41, 5.74) is 11.2. The van der Waals surface area contributed by atoms with Gasteiger partial charge in [0.2, 0.25) is 5.89 Å². The summed E-state index contributed by atoms with van der Waals surface area (Å²) in [6.07, 6.45) is 0. The third-order valence-electron chi connectivity index (χ3n) is 11.4. The number of furan rings is 1. The number of hydrogen-bond donors (Lipinski definition) is 0. The van der Waals surface area contributed by atoms with Crippen molar-refractivity contribution in [2.75, 3.05) is 0 Å². The summed E-state index contributed by atoms with van der Waals surface area (Å²) in [6, 6.07) is 66.5. The van der Waals surface area contributed by atoms with E-state index < -0.39 is 0 Å². The van der Waals surface area contributed by atoms with Crippen LogP contribution < -0.4 is 0 Å². The molecule has 9 aromatic carbocycles. The molecule has 3 heterocycles. The highest BCUT2D eigenvalue weighted by atomic mass is 16.4. The lowest BCUT2D eigenvalue weighted by atomic mass is 9.94. The Morgan fingerprint density at radius 2 is 0.900 bits per heavy atom. The van der Waals surface area contributed by atoms with E-state index in [1.54, 1.807) is 0 Å². The van der Waals surface area contributed by atoms with Crippen LogP contribution in [0.1, 0.15) is 0 Å². The summed E-state index contributed by atoms with van der Waals surface area (Å²) < 4.78 is 13.0. The Kier molecular flexibility index (Phi) is 7.74. The largest absolute Gasteiger partial charge is 0.456 e. The third kappa shape index (κ3) is 5.65. The van der Waals surface area contributed by atoms with Gasteiger partial charge in [-0.25, -0.2) is 19.9 Å². The number of aromatic nitrogens is 4. The highest BCUT2D eigenvalue weighted by molar-refractivity contribution is 6.19. The Morgan fingerprint density at radius 1 is 0.317 bits per heavy atom. The molecule has 12 aromatic rings. The van der Waals surface area contributed by atoms with Crippen LogP contribution in [0.25, 0.3) is 122 Å². The predicted molar refractivity (Wildman–Crippen MR) is 242 cm³/mol. The molecule has 280 valence electrons. The number of hydrogen-bond acceptors (Lipinski definition) is 6. The molecule has 0 spiro atoms. The smallest absolute Gasteiger partial charge is 0.227 e. The van der Waals surface area contributed by atoms with Gasteiger partial charge in [0.1, 0.15) is 16.7 Å². The second-order valence-corrected chi connectivity index (χ2v) is 15.0. The number of nitrogens with zero attached hydrogens (tertiary/aromatic N) is 4. The first kappa shape index (κ1) is 33.9. The van der Waals surface area contributed by atoms with Crippen LogP contribution in [0.4, 0.5) is 0 Å². The van der Waals surface area contributed by atoms with Crippen LogP contribution in [-0.4, -0.2) is 19.9 Å². The average Bonchev–Trinajstić information content (AvgIpc) is 3.92. The molecule has 0 unspecified atom stereocenters. The fraction of sp³-hybridized carbons (Fsp3) is 0. The summed E-state index contributed by atoms with van der Waals surface area (Å²) in [7, 11) is 0. The van der Waals surface area contributed by atoms with Crippen LogP contribution in [0, 0.1) is 0 Å². The number of oxazole rings is 1. The van der Waals surface area contributed by atoms with Crippen molar-refractivity contribution in [1.82, 2.24) is 19.9 Å². The zero-order valence-electron chi connectivity index (χ0n) is 32.1. The number of rotatable bonds is 6. The fourth-order valence-corrected chi connectivity index (χ4v) is 8.47. The minimum absolute atomic E-state index is 0.574. The quantitative estimate of drug-likeness (QED) is 0.168. The van der Waals surface area contributed by atoms with Gasteiger partial charge in [-0.2, -0.15) is 0 Å². The fourth-order valence-electron chi connectivity index (χ4n) is 8.47. The van der Waals surface area contributed by atoms with Gasteiger partial charge in [0.15, 0.2) is 23.1 Å². The normalized spacial score (nSPS) is 11.7. The molecule has 0 fully saturated rings. The lowest BCUT2D eigenvalue weighted by Crippen LogP contribution is -2.01. The van der Waals surface area contributed by atoms with Gasteiger partial charge in [0.25, 0.3) is 0 Å². The molecular weight excluding hydrogens is 737 g/mol. The molecule has 3 aromatic heterocycles. The molecular formula is C54H32N4O2. The highest BCUT2D eigenvalue weighted by Gasteiger charge is 2.21. The first-order chi connectivity index (χ1) is 29.7.